The molecule has 0 fully saturated rings. The van der Waals surface area contributed by atoms with Crippen LogP contribution in [0.5, 0.6) is 5.75 Å². The van der Waals surface area contributed by atoms with Crippen LogP contribution in [0.3, 0.4) is 0 Å². The summed E-state index contributed by atoms with van der Waals surface area (Å²) in [6.07, 6.45) is -0.481. The molecule has 0 saturated heterocycles. The fourth-order valence-corrected chi connectivity index (χ4v) is 2.06. The van der Waals surface area contributed by atoms with Gasteiger partial charge in [-0.2, -0.15) is 0 Å². The van der Waals surface area contributed by atoms with Gasteiger partial charge in [-0.05, 0) is 31.0 Å². The molecule has 17 heavy (non-hydrogen) atoms. The second kappa shape index (κ2) is 6.00. The van der Waals surface area contributed by atoms with Gasteiger partial charge in [0.05, 0.1) is 13.2 Å². The zero-order valence-electron chi connectivity index (χ0n) is 11.1. The predicted molar refractivity (Wildman–Crippen MR) is 67.2 cm³/mol. The van der Waals surface area contributed by atoms with Crippen LogP contribution in [0.2, 0.25) is 0 Å². The average molecular weight is 239 g/mol. The van der Waals surface area contributed by atoms with E-state index in [-0.39, 0.29) is 6.04 Å². The Kier molecular flexibility index (Phi) is 4.93. The molecular weight excluding hydrogens is 218 g/mol. The first-order valence-corrected chi connectivity index (χ1v) is 5.51. The van der Waals surface area contributed by atoms with Gasteiger partial charge in [0.15, 0.2) is 6.29 Å². The van der Waals surface area contributed by atoms with Crippen molar-refractivity contribution >= 4 is 0 Å². The number of benzene rings is 1. The molecule has 1 atom stereocenters. The van der Waals surface area contributed by atoms with Crippen LogP contribution in [0.15, 0.2) is 12.1 Å². The lowest BCUT2D eigenvalue weighted by molar-refractivity contribution is -0.117. The van der Waals surface area contributed by atoms with Crippen LogP contribution in [0.25, 0.3) is 0 Å². The molecule has 0 spiro atoms. The highest BCUT2D eigenvalue weighted by molar-refractivity contribution is 5.45. The Morgan fingerprint density at radius 1 is 1.06 bits per heavy atom. The number of aryl methyl sites for hydroxylation is 2. The third kappa shape index (κ3) is 2.97. The lowest BCUT2D eigenvalue weighted by Crippen LogP contribution is -2.30. The molecule has 0 aromatic heterocycles. The number of hydrogen-bond donors (Lipinski definition) is 1. The average Bonchev–Trinajstić information content (AvgIpc) is 2.29. The molecule has 0 aliphatic heterocycles. The van der Waals surface area contributed by atoms with Crippen molar-refractivity contribution < 1.29 is 14.2 Å². The van der Waals surface area contributed by atoms with Crippen molar-refractivity contribution in [1.82, 2.24) is 0 Å². The molecule has 4 nitrogen and oxygen atoms in total. The molecule has 0 radical (unpaired) electrons. The van der Waals surface area contributed by atoms with E-state index in [0.29, 0.717) is 0 Å². The highest BCUT2D eigenvalue weighted by Crippen LogP contribution is 2.31. The van der Waals surface area contributed by atoms with Gasteiger partial charge in [0.1, 0.15) is 5.75 Å². The maximum Gasteiger partial charge on any atom is 0.176 e. The molecule has 1 aromatic carbocycles. The number of nitrogens with two attached hydrogens (primary N) is 1. The summed E-state index contributed by atoms with van der Waals surface area (Å²) < 4.78 is 15.8. The van der Waals surface area contributed by atoms with E-state index in [1.807, 2.05) is 19.9 Å². The van der Waals surface area contributed by atoms with Gasteiger partial charge in [-0.3, -0.25) is 0 Å². The standard InChI is InChI=1S/C13H21NO3/c1-8-6-9(2)11(10(7-8)15-3)12(14)13(16-4)17-5/h6-7,12-13H,14H2,1-5H3. The van der Waals surface area contributed by atoms with E-state index in [9.17, 15) is 0 Å². The van der Waals surface area contributed by atoms with Gasteiger partial charge in [0, 0.05) is 19.8 Å². The number of methoxy groups -OCH3 is 3. The van der Waals surface area contributed by atoms with Gasteiger partial charge in [-0.1, -0.05) is 6.07 Å². The van der Waals surface area contributed by atoms with Crippen molar-refractivity contribution in [3.8, 4) is 5.75 Å². The molecule has 0 bridgehead atoms. The van der Waals surface area contributed by atoms with E-state index in [2.05, 4.69) is 6.07 Å². The molecule has 1 rings (SSSR count). The summed E-state index contributed by atoms with van der Waals surface area (Å²) in [4.78, 5) is 0. The normalized spacial score (nSPS) is 12.9. The number of ether oxygens (including phenoxy) is 3. The molecule has 0 aliphatic rings. The van der Waals surface area contributed by atoms with Crippen LogP contribution in [0.4, 0.5) is 0 Å². The fourth-order valence-electron chi connectivity index (χ4n) is 2.06. The van der Waals surface area contributed by atoms with Crippen molar-refractivity contribution in [3.63, 3.8) is 0 Å². The van der Waals surface area contributed by atoms with E-state index >= 15 is 0 Å². The summed E-state index contributed by atoms with van der Waals surface area (Å²) in [6, 6.07) is 3.66. The third-order valence-electron chi connectivity index (χ3n) is 2.80. The van der Waals surface area contributed by atoms with Crippen LogP contribution in [-0.4, -0.2) is 27.6 Å². The zero-order valence-corrected chi connectivity index (χ0v) is 11.1. The Morgan fingerprint density at radius 3 is 2.12 bits per heavy atom. The van der Waals surface area contributed by atoms with Crippen molar-refractivity contribution in [3.05, 3.63) is 28.8 Å². The second-order valence-corrected chi connectivity index (χ2v) is 4.06. The minimum absolute atomic E-state index is 0.374. The van der Waals surface area contributed by atoms with Crippen molar-refractivity contribution in [2.24, 2.45) is 5.73 Å². The van der Waals surface area contributed by atoms with Gasteiger partial charge in [-0.15, -0.1) is 0 Å². The van der Waals surface area contributed by atoms with Gasteiger partial charge < -0.3 is 19.9 Å². The lowest BCUT2D eigenvalue weighted by atomic mass is 9.98. The van der Waals surface area contributed by atoms with E-state index in [0.717, 1.165) is 22.4 Å². The van der Waals surface area contributed by atoms with Crippen LogP contribution in [0.1, 0.15) is 22.7 Å². The highest BCUT2D eigenvalue weighted by Gasteiger charge is 2.23. The van der Waals surface area contributed by atoms with Crippen LogP contribution in [-0.2, 0) is 9.47 Å². The fraction of sp³-hybridized carbons (Fsp3) is 0.538. The Labute approximate surface area is 103 Å². The van der Waals surface area contributed by atoms with E-state index < -0.39 is 6.29 Å². The van der Waals surface area contributed by atoms with Crippen LogP contribution in [0, 0.1) is 13.8 Å². The lowest BCUT2D eigenvalue weighted by Gasteiger charge is -2.24. The first kappa shape index (κ1) is 14.0. The van der Waals surface area contributed by atoms with Crippen molar-refractivity contribution in [2.75, 3.05) is 21.3 Å². The summed E-state index contributed by atoms with van der Waals surface area (Å²) in [6.45, 7) is 4.03. The molecule has 0 amide bonds. The smallest absolute Gasteiger partial charge is 0.176 e. The minimum atomic E-state index is -0.481. The van der Waals surface area contributed by atoms with Crippen molar-refractivity contribution in [2.45, 2.75) is 26.2 Å². The summed E-state index contributed by atoms with van der Waals surface area (Å²) >= 11 is 0. The number of rotatable bonds is 5. The van der Waals surface area contributed by atoms with Crippen molar-refractivity contribution in [1.29, 1.82) is 0 Å². The van der Waals surface area contributed by atoms with E-state index in [1.165, 1.54) is 0 Å². The Morgan fingerprint density at radius 2 is 1.65 bits per heavy atom. The quantitative estimate of drug-likeness (QED) is 0.798. The first-order valence-electron chi connectivity index (χ1n) is 5.51. The second-order valence-electron chi connectivity index (χ2n) is 4.06. The summed E-state index contributed by atoms with van der Waals surface area (Å²) in [5.41, 5.74) is 9.30. The monoisotopic (exact) mass is 239 g/mol. The van der Waals surface area contributed by atoms with Crippen LogP contribution < -0.4 is 10.5 Å². The van der Waals surface area contributed by atoms with Gasteiger partial charge in [0.2, 0.25) is 0 Å². The maximum absolute atomic E-state index is 6.16. The Hall–Kier alpha value is -1.10. The molecule has 1 aromatic rings. The summed E-state index contributed by atoms with van der Waals surface area (Å²) in [5, 5.41) is 0. The van der Waals surface area contributed by atoms with Crippen LogP contribution >= 0.6 is 0 Å². The molecule has 96 valence electrons. The first-order chi connectivity index (χ1) is 8.04. The highest BCUT2D eigenvalue weighted by atomic mass is 16.7. The van der Waals surface area contributed by atoms with Gasteiger partial charge >= 0.3 is 0 Å². The molecule has 0 heterocycles. The molecule has 1 unspecified atom stereocenters. The third-order valence-corrected chi connectivity index (χ3v) is 2.80. The molecule has 0 aliphatic carbocycles. The predicted octanol–water partition coefficient (Wildman–Crippen LogP) is 1.93. The largest absolute Gasteiger partial charge is 0.496 e. The zero-order chi connectivity index (χ0) is 13.0. The molecule has 4 heteroatoms. The molecular formula is C13H21NO3. The topological polar surface area (TPSA) is 53.7 Å². The van der Waals surface area contributed by atoms with Gasteiger partial charge in [0.25, 0.3) is 0 Å². The van der Waals surface area contributed by atoms with E-state index in [4.69, 9.17) is 19.9 Å². The summed E-state index contributed by atoms with van der Waals surface area (Å²) in [7, 11) is 4.78. The summed E-state index contributed by atoms with van der Waals surface area (Å²) in [5.74, 6) is 0.772. The number of hydrogen-bond acceptors (Lipinski definition) is 4. The maximum atomic E-state index is 6.16. The van der Waals surface area contributed by atoms with Gasteiger partial charge in [-0.25, -0.2) is 0 Å². The molecule has 0 saturated carbocycles. The minimum Gasteiger partial charge on any atom is -0.496 e. The Bertz CT molecular complexity index is 375. The Balaban J connectivity index is 3.19. The van der Waals surface area contributed by atoms with E-state index in [1.54, 1.807) is 21.3 Å². The SMILES string of the molecule is COc1cc(C)cc(C)c1C(N)C(OC)OC. The molecule has 2 N–H and O–H groups in total.